The summed E-state index contributed by atoms with van der Waals surface area (Å²) in [7, 11) is 0. The molecular formula is C21H37N5. The van der Waals surface area contributed by atoms with Crippen molar-refractivity contribution in [3.63, 3.8) is 0 Å². The molecule has 0 aromatic rings. The van der Waals surface area contributed by atoms with Crippen molar-refractivity contribution >= 4 is 0 Å². The van der Waals surface area contributed by atoms with Crippen LogP contribution < -0.4 is 0 Å². The lowest BCUT2D eigenvalue weighted by Gasteiger charge is -2.22. The van der Waals surface area contributed by atoms with E-state index in [1.54, 1.807) is 13.8 Å². The van der Waals surface area contributed by atoms with Crippen molar-refractivity contribution < 1.29 is 0 Å². The van der Waals surface area contributed by atoms with Crippen molar-refractivity contribution in [1.29, 1.82) is 15.8 Å². The third-order valence-electron chi connectivity index (χ3n) is 3.76. The summed E-state index contributed by atoms with van der Waals surface area (Å²) >= 11 is 0. The lowest BCUT2D eigenvalue weighted by atomic mass is 9.90. The van der Waals surface area contributed by atoms with Crippen molar-refractivity contribution in [2.75, 3.05) is 0 Å². The Hall–Kier alpha value is -1.93. The number of nitrogens with zero attached hydrogens (tertiary/aromatic N) is 5. The van der Waals surface area contributed by atoms with Crippen LogP contribution in [0.5, 0.6) is 0 Å². The lowest BCUT2D eigenvalue weighted by molar-refractivity contribution is 0.384. The van der Waals surface area contributed by atoms with Crippen LogP contribution in [0, 0.1) is 51.2 Å². The average molecular weight is 360 g/mol. The fourth-order valence-corrected chi connectivity index (χ4v) is 2.71. The van der Waals surface area contributed by atoms with Gasteiger partial charge in [0.25, 0.3) is 0 Å². The molecule has 0 bridgehead atoms. The third kappa shape index (κ3) is 12.4. The molecule has 0 N–H and O–H groups in total. The van der Waals surface area contributed by atoms with Gasteiger partial charge in [-0.25, -0.2) is 0 Å². The van der Waals surface area contributed by atoms with Gasteiger partial charge in [-0.2, -0.15) is 26.0 Å². The van der Waals surface area contributed by atoms with Crippen LogP contribution in [0.4, 0.5) is 0 Å². The topological polar surface area (TPSA) is 96.1 Å². The number of hydrogen-bond donors (Lipinski definition) is 0. The van der Waals surface area contributed by atoms with Gasteiger partial charge in [0.05, 0.1) is 23.6 Å². The van der Waals surface area contributed by atoms with Crippen LogP contribution in [-0.2, 0) is 0 Å². The summed E-state index contributed by atoms with van der Waals surface area (Å²) in [5, 5.41) is 35.2. The summed E-state index contributed by atoms with van der Waals surface area (Å²) in [5.41, 5.74) is -1.76. The van der Waals surface area contributed by atoms with Gasteiger partial charge in [-0.05, 0) is 58.8 Å². The predicted octanol–water partition coefficient (Wildman–Crippen LogP) is 6.43. The van der Waals surface area contributed by atoms with E-state index in [0.717, 1.165) is 12.8 Å². The first-order valence-corrected chi connectivity index (χ1v) is 9.46. The molecule has 0 radical (unpaired) electrons. The molecule has 2 unspecified atom stereocenters. The van der Waals surface area contributed by atoms with E-state index in [-0.39, 0.29) is 5.41 Å². The third-order valence-corrected chi connectivity index (χ3v) is 3.76. The smallest absolute Gasteiger partial charge is 0.165 e. The maximum absolute atomic E-state index is 9.20. The molecule has 0 rings (SSSR count). The molecule has 146 valence electrons. The first-order valence-electron chi connectivity index (χ1n) is 9.46. The van der Waals surface area contributed by atoms with E-state index >= 15 is 0 Å². The average Bonchev–Trinajstić information content (AvgIpc) is 2.52. The van der Waals surface area contributed by atoms with Crippen molar-refractivity contribution in [3.8, 4) is 18.2 Å². The Bertz CT molecular complexity index is 520. The highest BCUT2D eigenvalue weighted by Gasteiger charge is 2.29. The Morgan fingerprint density at radius 3 is 1.23 bits per heavy atom. The van der Waals surface area contributed by atoms with Crippen molar-refractivity contribution in [2.24, 2.45) is 27.5 Å². The van der Waals surface area contributed by atoms with Crippen LogP contribution >= 0.6 is 0 Å². The standard InChI is InChI=1S/C14H24N4.C7H13N/c1-11(2)7-13(5,9-15)17-18-14(6,10-16)8-12(3)4;1-4-5-7(2,3)6-8/h11-12H,7-8H2,1-6H3;4-5H2,1-3H3. The minimum Gasteiger partial charge on any atom is -0.198 e. The first kappa shape index (κ1) is 26.3. The van der Waals surface area contributed by atoms with Gasteiger partial charge in [0.1, 0.15) is 0 Å². The lowest BCUT2D eigenvalue weighted by Crippen LogP contribution is -2.26. The molecule has 0 saturated heterocycles. The molecule has 0 spiro atoms. The van der Waals surface area contributed by atoms with Crippen LogP contribution in [0.25, 0.3) is 0 Å². The maximum atomic E-state index is 9.20. The number of rotatable bonds is 8. The van der Waals surface area contributed by atoms with E-state index in [1.807, 2.05) is 41.5 Å². The molecule has 5 nitrogen and oxygen atoms in total. The molecule has 5 heteroatoms. The number of hydrogen-bond acceptors (Lipinski definition) is 5. The van der Waals surface area contributed by atoms with Crippen molar-refractivity contribution in [1.82, 2.24) is 0 Å². The Balaban J connectivity index is 0. The second-order valence-electron chi connectivity index (χ2n) is 8.91. The van der Waals surface area contributed by atoms with Gasteiger partial charge in [0.15, 0.2) is 11.1 Å². The van der Waals surface area contributed by atoms with E-state index in [2.05, 4.69) is 35.4 Å². The number of nitriles is 3. The van der Waals surface area contributed by atoms with Crippen LogP contribution in [0.2, 0.25) is 0 Å². The first-order chi connectivity index (χ1) is 11.8. The van der Waals surface area contributed by atoms with Crippen LogP contribution in [0.15, 0.2) is 10.2 Å². The monoisotopic (exact) mass is 359 g/mol. The van der Waals surface area contributed by atoms with Crippen LogP contribution in [-0.4, -0.2) is 11.1 Å². The molecule has 0 aliphatic rings. The fraction of sp³-hybridized carbons (Fsp3) is 0.857. The highest BCUT2D eigenvalue weighted by Crippen LogP contribution is 2.26. The van der Waals surface area contributed by atoms with Gasteiger partial charge >= 0.3 is 0 Å². The summed E-state index contributed by atoms with van der Waals surface area (Å²) in [4.78, 5) is 0. The van der Waals surface area contributed by atoms with Gasteiger partial charge in [-0.3, -0.25) is 0 Å². The summed E-state index contributed by atoms with van der Waals surface area (Å²) in [6, 6.07) is 6.62. The second-order valence-corrected chi connectivity index (χ2v) is 8.91. The van der Waals surface area contributed by atoms with E-state index in [1.165, 1.54) is 0 Å². The Kier molecular flexibility index (Phi) is 11.8. The molecule has 0 aromatic carbocycles. The summed E-state index contributed by atoms with van der Waals surface area (Å²) < 4.78 is 0. The van der Waals surface area contributed by atoms with E-state index < -0.39 is 11.1 Å². The molecule has 0 amide bonds. The molecule has 0 aliphatic heterocycles. The second kappa shape index (κ2) is 11.6. The van der Waals surface area contributed by atoms with Crippen LogP contribution in [0.1, 0.15) is 88.0 Å². The Morgan fingerprint density at radius 1 is 0.731 bits per heavy atom. The highest BCUT2D eigenvalue weighted by molar-refractivity contribution is 5.07. The minimum absolute atomic E-state index is 0.102. The number of azo groups is 1. The fourth-order valence-electron chi connectivity index (χ4n) is 2.71. The summed E-state index contributed by atoms with van der Waals surface area (Å²) in [5.74, 6) is 0.735. The van der Waals surface area contributed by atoms with Crippen molar-refractivity contribution in [2.45, 2.75) is 99.1 Å². The zero-order valence-corrected chi connectivity index (χ0v) is 18.2. The zero-order chi connectivity index (χ0) is 21.0. The largest absolute Gasteiger partial charge is 0.198 e. The molecule has 0 aliphatic carbocycles. The van der Waals surface area contributed by atoms with Gasteiger partial charge in [0.2, 0.25) is 0 Å². The summed E-state index contributed by atoms with van der Waals surface area (Å²) in [6.45, 7) is 17.7. The minimum atomic E-state index is -0.830. The van der Waals surface area contributed by atoms with E-state index in [9.17, 15) is 10.5 Å². The molecule has 0 heterocycles. The SMILES string of the molecule is CC(C)CC(C)(C#N)N=NC(C)(C#N)CC(C)C.CCCC(C)(C)C#N. The molecular weight excluding hydrogens is 322 g/mol. The quantitative estimate of drug-likeness (QED) is 0.467. The van der Waals surface area contributed by atoms with E-state index in [0.29, 0.717) is 24.7 Å². The highest BCUT2D eigenvalue weighted by atomic mass is 15.2. The molecule has 0 aromatic heterocycles. The van der Waals surface area contributed by atoms with Crippen LogP contribution in [0.3, 0.4) is 0 Å². The predicted molar refractivity (Wildman–Crippen MR) is 106 cm³/mol. The van der Waals surface area contributed by atoms with Gasteiger partial charge in [-0.1, -0.05) is 41.0 Å². The van der Waals surface area contributed by atoms with Crippen molar-refractivity contribution in [3.05, 3.63) is 0 Å². The zero-order valence-electron chi connectivity index (χ0n) is 18.2. The van der Waals surface area contributed by atoms with Gasteiger partial charge in [0, 0.05) is 0 Å². The maximum Gasteiger partial charge on any atom is 0.165 e. The molecule has 2 atom stereocenters. The molecule has 0 fully saturated rings. The van der Waals surface area contributed by atoms with Gasteiger partial charge in [-0.15, -0.1) is 0 Å². The Morgan fingerprint density at radius 2 is 1.08 bits per heavy atom. The van der Waals surface area contributed by atoms with E-state index in [4.69, 9.17) is 5.26 Å². The summed E-state index contributed by atoms with van der Waals surface area (Å²) in [6.07, 6.45) is 3.40. The Labute approximate surface area is 161 Å². The normalized spacial score (nSPS) is 16.0. The molecule has 26 heavy (non-hydrogen) atoms. The molecule has 0 saturated carbocycles. The van der Waals surface area contributed by atoms with Gasteiger partial charge < -0.3 is 0 Å².